The van der Waals surface area contributed by atoms with Gasteiger partial charge in [0.1, 0.15) is 17.7 Å². The number of aromatic nitrogens is 2. The summed E-state index contributed by atoms with van der Waals surface area (Å²) in [6.45, 7) is 1.99. The zero-order valence-electron chi connectivity index (χ0n) is 11.4. The number of imidazole rings is 1. The number of hydrogen-bond donors (Lipinski definition) is 1. The predicted octanol–water partition coefficient (Wildman–Crippen LogP) is 4.07. The summed E-state index contributed by atoms with van der Waals surface area (Å²) in [4.78, 5) is 7.53. The maximum Gasteiger partial charge on any atom is 0.149 e. The number of benzene rings is 2. The number of fused-ring (bicyclic) bond motifs is 1. The highest BCUT2D eigenvalue weighted by Crippen LogP contribution is 2.20. The fourth-order valence-electron chi connectivity index (χ4n) is 2.17. The highest BCUT2D eigenvalue weighted by Gasteiger charge is 2.08. The molecule has 102 valence electrons. The second-order valence-electron chi connectivity index (χ2n) is 4.83. The Bertz CT molecular complexity index is 884. The van der Waals surface area contributed by atoms with E-state index >= 15 is 0 Å². The molecule has 1 aromatic heterocycles. The van der Waals surface area contributed by atoms with Crippen molar-refractivity contribution in [2.75, 3.05) is 0 Å². The van der Waals surface area contributed by atoms with E-state index in [9.17, 15) is 9.65 Å². The van der Waals surface area contributed by atoms with E-state index in [4.69, 9.17) is 0 Å². The number of allylic oxidation sites excluding steroid dienone is 1. The Morgan fingerprint density at radius 1 is 1.29 bits per heavy atom. The van der Waals surface area contributed by atoms with Crippen LogP contribution in [0.5, 0.6) is 0 Å². The van der Waals surface area contributed by atoms with Crippen molar-refractivity contribution in [2.24, 2.45) is 0 Å². The number of aryl methyl sites for hydroxylation is 1. The number of nitrogens with zero attached hydrogens (tertiary/aromatic N) is 2. The third kappa shape index (κ3) is 2.67. The van der Waals surface area contributed by atoms with Crippen molar-refractivity contribution in [1.82, 2.24) is 9.97 Å². The molecule has 0 fully saturated rings. The summed E-state index contributed by atoms with van der Waals surface area (Å²) in [5.41, 5.74) is 3.80. The molecule has 1 heterocycles. The van der Waals surface area contributed by atoms with Crippen molar-refractivity contribution in [3.05, 3.63) is 65.2 Å². The van der Waals surface area contributed by atoms with E-state index < -0.39 is 0 Å². The second-order valence-corrected chi connectivity index (χ2v) is 4.83. The van der Waals surface area contributed by atoms with Crippen molar-refractivity contribution in [1.29, 1.82) is 5.26 Å². The summed E-state index contributed by atoms with van der Waals surface area (Å²) < 4.78 is 13.2. The average molecular weight is 277 g/mol. The maximum absolute atomic E-state index is 13.2. The van der Waals surface area contributed by atoms with Gasteiger partial charge in [0, 0.05) is 0 Å². The summed E-state index contributed by atoms with van der Waals surface area (Å²) in [7, 11) is 0. The maximum atomic E-state index is 13.2. The summed E-state index contributed by atoms with van der Waals surface area (Å²) in [6, 6.07) is 14.1. The van der Waals surface area contributed by atoms with Gasteiger partial charge in [0.25, 0.3) is 0 Å². The van der Waals surface area contributed by atoms with E-state index in [1.165, 1.54) is 12.1 Å². The number of halogens is 1. The lowest BCUT2D eigenvalue weighted by Gasteiger charge is -1.96. The minimum atomic E-state index is -0.332. The highest BCUT2D eigenvalue weighted by atomic mass is 19.1. The normalized spacial score (nSPS) is 11.6. The quantitative estimate of drug-likeness (QED) is 0.718. The fraction of sp³-hybridized carbons (Fsp3) is 0.0588. The molecular weight excluding hydrogens is 265 g/mol. The molecule has 2 aromatic carbocycles. The van der Waals surface area contributed by atoms with Gasteiger partial charge in [-0.1, -0.05) is 18.2 Å². The van der Waals surface area contributed by atoms with Gasteiger partial charge in [-0.25, -0.2) is 9.37 Å². The van der Waals surface area contributed by atoms with Crippen LogP contribution in [-0.4, -0.2) is 9.97 Å². The van der Waals surface area contributed by atoms with Gasteiger partial charge in [-0.15, -0.1) is 0 Å². The molecule has 1 N–H and O–H groups in total. The number of nitrogens with one attached hydrogen (secondary N) is 1. The smallest absolute Gasteiger partial charge is 0.149 e. The van der Waals surface area contributed by atoms with Crippen molar-refractivity contribution in [3.63, 3.8) is 0 Å². The Labute approximate surface area is 121 Å². The summed E-state index contributed by atoms with van der Waals surface area (Å²) in [5, 5.41) is 9.32. The topological polar surface area (TPSA) is 52.5 Å². The fourth-order valence-corrected chi connectivity index (χ4v) is 2.17. The average Bonchev–Trinajstić information content (AvgIpc) is 2.87. The Balaban J connectivity index is 2.08. The third-order valence-electron chi connectivity index (χ3n) is 3.17. The van der Waals surface area contributed by atoms with E-state index in [0.29, 0.717) is 17.0 Å². The lowest BCUT2D eigenvalue weighted by Crippen LogP contribution is -1.85. The third-order valence-corrected chi connectivity index (χ3v) is 3.17. The van der Waals surface area contributed by atoms with Crippen molar-refractivity contribution in [3.8, 4) is 6.07 Å². The Morgan fingerprint density at radius 2 is 2.14 bits per heavy atom. The Kier molecular flexibility index (Phi) is 3.25. The molecule has 3 rings (SSSR count). The molecule has 3 nitrogen and oxygen atoms in total. The van der Waals surface area contributed by atoms with Crippen LogP contribution in [-0.2, 0) is 0 Å². The van der Waals surface area contributed by atoms with Crippen LogP contribution in [0.1, 0.15) is 17.0 Å². The van der Waals surface area contributed by atoms with Gasteiger partial charge in [0.2, 0.25) is 0 Å². The van der Waals surface area contributed by atoms with Gasteiger partial charge in [-0.05, 0) is 48.4 Å². The van der Waals surface area contributed by atoms with Gasteiger partial charge < -0.3 is 4.98 Å². The van der Waals surface area contributed by atoms with Crippen LogP contribution in [0.3, 0.4) is 0 Å². The first-order chi connectivity index (χ1) is 10.2. The van der Waals surface area contributed by atoms with Crippen LogP contribution >= 0.6 is 0 Å². The highest BCUT2D eigenvalue weighted by molar-refractivity contribution is 5.90. The van der Waals surface area contributed by atoms with Gasteiger partial charge in [0.15, 0.2) is 0 Å². The van der Waals surface area contributed by atoms with Crippen LogP contribution < -0.4 is 0 Å². The SMILES string of the molecule is Cc1ccc2nc(/C(C#N)=C/c3cccc(F)c3)[nH]c2c1. The van der Waals surface area contributed by atoms with E-state index in [-0.39, 0.29) is 5.82 Å². The summed E-state index contributed by atoms with van der Waals surface area (Å²) in [6.07, 6.45) is 1.62. The first-order valence-electron chi connectivity index (χ1n) is 6.50. The molecule has 21 heavy (non-hydrogen) atoms. The number of hydrogen-bond acceptors (Lipinski definition) is 2. The number of nitriles is 1. The van der Waals surface area contributed by atoms with Crippen LogP contribution in [0, 0.1) is 24.1 Å². The number of H-pyrrole nitrogens is 1. The van der Waals surface area contributed by atoms with Crippen molar-refractivity contribution < 1.29 is 4.39 Å². The standard InChI is InChI=1S/C17H12FN3/c1-11-5-6-15-16(7-11)21-17(20-15)13(10-19)8-12-3-2-4-14(18)9-12/h2-9H,1H3,(H,20,21)/b13-8+. The monoisotopic (exact) mass is 277 g/mol. The molecule has 4 heteroatoms. The van der Waals surface area contributed by atoms with Gasteiger partial charge in [-0.3, -0.25) is 0 Å². The largest absolute Gasteiger partial charge is 0.337 e. The molecule has 0 amide bonds. The zero-order chi connectivity index (χ0) is 14.8. The minimum absolute atomic E-state index is 0.332. The van der Waals surface area contributed by atoms with Gasteiger partial charge in [0.05, 0.1) is 16.6 Å². The van der Waals surface area contributed by atoms with Gasteiger partial charge in [-0.2, -0.15) is 5.26 Å². The van der Waals surface area contributed by atoms with Crippen LogP contribution in [0.4, 0.5) is 4.39 Å². The van der Waals surface area contributed by atoms with Crippen LogP contribution in [0.2, 0.25) is 0 Å². The first-order valence-corrected chi connectivity index (χ1v) is 6.50. The Hall–Kier alpha value is -2.93. The Morgan fingerprint density at radius 3 is 2.90 bits per heavy atom. The van der Waals surface area contributed by atoms with E-state index in [2.05, 4.69) is 16.0 Å². The zero-order valence-corrected chi connectivity index (χ0v) is 11.4. The second kappa shape index (κ2) is 5.22. The molecule has 0 aliphatic heterocycles. The molecular formula is C17H12FN3. The molecule has 0 aliphatic rings. The summed E-state index contributed by atoms with van der Waals surface area (Å²) in [5.74, 6) is 0.156. The van der Waals surface area contributed by atoms with Crippen LogP contribution in [0.15, 0.2) is 42.5 Å². The predicted molar refractivity (Wildman–Crippen MR) is 80.7 cm³/mol. The number of rotatable bonds is 2. The van der Waals surface area contributed by atoms with Crippen LogP contribution in [0.25, 0.3) is 22.7 Å². The number of aromatic amines is 1. The first kappa shape index (κ1) is 13.1. The molecule has 0 atom stereocenters. The van der Waals surface area contributed by atoms with Crippen molar-refractivity contribution >= 4 is 22.7 Å². The van der Waals surface area contributed by atoms with E-state index in [1.807, 2.05) is 25.1 Å². The van der Waals surface area contributed by atoms with E-state index in [1.54, 1.807) is 18.2 Å². The molecule has 0 aliphatic carbocycles. The molecule has 3 aromatic rings. The molecule has 0 bridgehead atoms. The lowest BCUT2D eigenvalue weighted by molar-refractivity contribution is 0.627. The summed E-state index contributed by atoms with van der Waals surface area (Å²) >= 11 is 0. The minimum Gasteiger partial charge on any atom is -0.337 e. The van der Waals surface area contributed by atoms with E-state index in [0.717, 1.165) is 16.6 Å². The molecule has 0 unspecified atom stereocenters. The lowest BCUT2D eigenvalue weighted by atomic mass is 10.1. The molecule has 0 radical (unpaired) electrons. The molecule has 0 saturated heterocycles. The molecule has 0 saturated carbocycles. The molecule has 0 spiro atoms. The van der Waals surface area contributed by atoms with Gasteiger partial charge >= 0.3 is 0 Å². The van der Waals surface area contributed by atoms with Crippen molar-refractivity contribution in [2.45, 2.75) is 6.92 Å².